The first kappa shape index (κ1) is 36.6. The van der Waals surface area contributed by atoms with Gasteiger partial charge in [0.15, 0.2) is 0 Å². The van der Waals surface area contributed by atoms with E-state index in [1.807, 2.05) is 74.2 Å². The Morgan fingerprint density at radius 3 is 2.35 bits per heavy atom. The minimum absolute atomic E-state index is 0.114. The van der Waals surface area contributed by atoms with E-state index in [2.05, 4.69) is 59.0 Å². The molecule has 3 N–H and O–H groups in total. The van der Waals surface area contributed by atoms with Gasteiger partial charge >= 0.3 is 6.09 Å². The zero-order valence-electron chi connectivity index (χ0n) is 30.4. The van der Waals surface area contributed by atoms with Crippen LogP contribution in [-0.4, -0.2) is 80.4 Å². The number of nitrogens with one attached hydrogen (secondary N) is 3. The van der Waals surface area contributed by atoms with E-state index in [0.29, 0.717) is 24.7 Å². The molecule has 11 heteroatoms. The Morgan fingerprint density at radius 2 is 1.73 bits per heavy atom. The SMILES string of the molecule is CC1=CCN(C(=O)CC(C)C)C1.COC(=O)NC(C(=O)N1CC(C)=CC1c1nc2ccc(C#Cc3ccc(-c4cnc[nH]4)cc3)cc2[nH]1)C(C)C. The normalized spacial score (nSPS) is 15.9. The molecule has 2 aromatic carbocycles. The molecule has 51 heavy (non-hydrogen) atoms. The molecule has 2 aliphatic heterocycles. The first-order valence-corrected chi connectivity index (χ1v) is 17.3. The fourth-order valence-electron chi connectivity index (χ4n) is 6.00. The second kappa shape index (κ2) is 16.4. The van der Waals surface area contributed by atoms with E-state index >= 15 is 0 Å². The van der Waals surface area contributed by atoms with Crippen molar-refractivity contribution in [1.29, 1.82) is 0 Å². The number of benzene rings is 2. The van der Waals surface area contributed by atoms with Crippen LogP contribution in [0.1, 0.15) is 71.0 Å². The van der Waals surface area contributed by atoms with Crippen molar-refractivity contribution in [3.05, 3.63) is 95.2 Å². The van der Waals surface area contributed by atoms with Gasteiger partial charge in [0.2, 0.25) is 11.8 Å². The summed E-state index contributed by atoms with van der Waals surface area (Å²) >= 11 is 0. The molecule has 2 unspecified atom stereocenters. The van der Waals surface area contributed by atoms with E-state index in [0.717, 1.165) is 52.1 Å². The fourth-order valence-corrected chi connectivity index (χ4v) is 6.00. The number of amides is 3. The molecule has 2 atom stereocenters. The van der Waals surface area contributed by atoms with Gasteiger partial charge in [0.05, 0.1) is 36.4 Å². The predicted molar refractivity (Wildman–Crippen MR) is 198 cm³/mol. The lowest BCUT2D eigenvalue weighted by molar-refractivity contribution is -0.135. The summed E-state index contributed by atoms with van der Waals surface area (Å²) in [6.07, 6.45) is 7.64. The number of hydrogen-bond donors (Lipinski definition) is 3. The minimum atomic E-state index is -0.709. The number of fused-ring (bicyclic) bond motifs is 1. The molecular formula is C40H47N7O4. The summed E-state index contributed by atoms with van der Waals surface area (Å²) in [4.78, 5) is 55.8. The van der Waals surface area contributed by atoms with Gasteiger partial charge in [-0.05, 0) is 61.6 Å². The Bertz CT molecular complexity index is 1980. The smallest absolute Gasteiger partial charge is 0.407 e. The molecule has 0 saturated heterocycles. The van der Waals surface area contributed by atoms with Gasteiger partial charge in [-0.3, -0.25) is 9.59 Å². The van der Waals surface area contributed by atoms with Crippen LogP contribution in [0.3, 0.4) is 0 Å². The molecule has 11 nitrogen and oxygen atoms in total. The molecule has 3 amide bonds. The molecule has 4 aromatic rings. The number of alkyl carbamates (subject to hydrolysis) is 1. The number of nitrogens with zero attached hydrogens (tertiary/aromatic N) is 4. The molecule has 266 valence electrons. The Hall–Kier alpha value is -5.63. The Balaban J connectivity index is 0.000000357. The molecule has 0 fully saturated rings. The largest absolute Gasteiger partial charge is 0.453 e. The Labute approximate surface area is 299 Å². The van der Waals surface area contributed by atoms with Crippen LogP contribution in [0.25, 0.3) is 22.3 Å². The van der Waals surface area contributed by atoms with E-state index in [-0.39, 0.29) is 23.8 Å². The van der Waals surface area contributed by atoms with Crippen molar-refractivity contribution in [2.24, 2.45) is 11.8 Å². The second-order valence-corrected chi connectivity index (χ2v) is 13.9. The fraction of sp³-hybridized carbons (Fsp3) is 0.375. The van der Waals surface area contributed by atoms with Gasteiger partial charge in [-0.1, -0.05) is 75.0 Å². The number of aromatic amines is 2. The van der Waals surface area contributed by atoms with Crippen molar-refractivity contribution in [1.82, 2.24) is 35.1 Å². The summed E-state index contributed by atoms with van der Waals surface area (Å²) in [6.45, 7) is 14.1. The van der Waals surface area contributed by atoms with Gasteiger partial charge in [-0.2, -0.15) is 0 Å². The van der Waals surface area contributed by atoms with Crippen molar-refractivity contribution < 1.29 is 19.1 Å². The summed E-state index contributed by atoms with van der Waals surface area (Å²) in [5.41, 5.74) is 7.76. The van der Waals surface area contributed by atoms with Crippen LogP contribution < -0.4 is 5.32 Å². The van der Waals surface area contributed by atoms with Gasteiger partial charge in [-0.25, -0.2) is 14.8 Å². The second-order valence-electron chi connectivity index (χ2n) is 13.9. The third-order valence-electron chi connectivity index (χ3n) is 8.73. The van der Waals surface area contributed by atoms with Crippen LogP contribution >= 0.6 is 0 Å². The zero-order valence-corrected chi connectivity index (χ0v) is 30.4. The average molecular weight is 690 g/mol. The number of aromatic nitrogens is 4. The summed E-state index contributed by atoms with van der Waals surface area (Å²) in [5.74, 6) is 7.57. The standard InChI is InChI=1S/C30H30N6O3.C10H17NO/c1-18(2)27(35-30(38)39-4)29(37)36-16-19(3)13-26(36)28-33-23-12-9-21(14-24(23)34-28)6-5-20-7-10-22(11-8-20)25-15-31-17-32-25;1-8(2)6-10(12)11-5-4-9(3)7-11/h7-15,17-18,26-27H,16H2,1-4H3,(H,31,32)(H,33,34)(H,35,38);4,8H,5-7H2,1-3H3. The first-order valence-electron chi connectivity index (χ1n) is 17.3. The van der Waals surface area contributed by atoms with E-state index in [1.165, 1.54) is 12.7 Å². The highest BCUT2D eigenvalue weighted by Crippen LogP contribution is 2.31. The summed E-state index contributed by atoms with van der Waals surface area (Å²) < 4.78 is 4.73. The summed E-state index contributed by atoms with van der Waals surface area (Å²) in [7, 11) is 1.28. The molecule has 0 spiro atoms. The molecule has 0 radical (unpaired) electrons. The van der Waals surface area contributed by atoms with Crippen molar-refractivity contribution in [3.8, 4) is 23.1 Å². The average Bonchev–Trinajstić information content (AvgIpc) is 3.93. The number of carbonyl (C=O) groups is 3. The molecule has 0 bridgehead atoms. The molecule has 0 aliphatic carbocycles. The molecular weight excluding hydrogens is 642 g/mol. The quantitative estimate of drug-likeness (QED) is 0.152. The van der Waals surface area contributed by atoms with Gasteiger partial charge < -0.3 is 29.8 Å². The van der Waals surface area contributed by atoms with Gasteiger partial charge in [0.25, 0.3) is 0 Å². The Morgan fingerprint density at radius 1 is 1.00 bits per heavy atom. The van der Waals surface area contributed by atoms with Crippen LogP contribution in [0.2, 0.25) is 0 Å². The van der Waals surface area contributed by atoms with Crippen LogP contribution in [0.15, 0.2) is 78.3 Å². The Kier molecular flexibility index (Phi) is 11.8. The highest BCUT2D eigenvalue weighted by atomic mass is 16.5. The maximum Gasteiger partial charge on any atom is 0.407 e. The number of rotatable bonds is 7. The van der Waals surface area contributed by atoms with Crippen molar-refractivity contribution in [3.63, 3.8) is 0 Å². The van der Waals surface area contributed by atoms with Crippen LogP contribution in [0, 0.1) is 23.7 Å². The molecule has 6 rings (SSSR count). The number of ether oxygens (including phenoxy) is 1. The number of imidazole rings is 2. The lowest BCUT2D eigenvalue weighted by atomic mass is 10.0. The lowest BCUT2D eigenvalue weighted by Crippen LogP contribution is -2.51. The maximum absolute atomic E-state index is 13.5. The molecule has 0 saturated carbocycles. The van der Waals surface area contributed by atoms with Crippen LogP contribution in [-0.2, 0) is 14.3 Å². The predicted octanol–water partition coefficient (Wildman–Crippen LogP) is 6.38. The number of carbonyl (C=O) groups excluding carboxylic acids is 3. The summed E-state index contributed by atoms with van der Waals surface area (Å²) in [5, 5.41) is 2.68. The minimum Gasteiger partial charge on any atom is -0.453 e. The maximum atomic E-state index is 13.5. The summed E-state index contributed by atoms with van der Waals surface area (Å²) in [6, 6.07) is 12.7. The third-order valence-corrected chi connectivity index (χ3v) is 8.73. The van der Waals surface area contributed by atoms with Crippen LogP contribution in [0.4, 0.5) is 4.79 Å². The van der Waals surface area contributed by atoms with E-state index in [1.54, 1.807) is 17.4 Å². The molecule has 2 aromatic heterocycles. The molecule has 2 aliphatic rings. The topological polar surface area (TPSA) is 136 Å². The first-order chi connectivity index (χ1) is 24.4. The van der Waals surface area contributed by atoms with E-state index in [4.69, 9.17) is 9.72 Å². The van der Waals surface area contributed by atoms with Gasteiger partial charge in [0.1, 0.15) is 17.9 Å². The highest BCUT2D eigenvalue weighted by Gasteiger charge is 2.36. The van der Waals surface area contributed by atoms with Crippen molar-refractivity contribution >= 4 is 28.9 Å². The molecule has 4 heterocycles. The van der Waals surface area contributed by atoms with Crippen molar-refractivity contribution in [2.75, 3.05) is 26.7 Å². The zero-order chi connectivity index (χ0) is 36.7. The lowest BCUT2D eigenvalue weighted by Gasteiger charge is -2.30. The number of hydrogen-bond acceptors (Lipinski definition) is 6. The van der Waals surface area contributed by atoms with Gasteiger partial charge in [-0.15, -0.1) is 0 Å². The van der Waals surface area contributed by atoms with E-state index < -0.39 is 12.1 Å². The van der Waals surface area contributed by atoms with Crippen molar-refractivity contribution in [2.45, 2.75) is 60.0 Å². The highest BCUT2D eigenvalue weighted by molar-refractivity contribution is 5.87. The number of H-pyrrole nitrogens is 2. The van der Waals surface area contributed by atoms with Gasteiger partial charge in [0, 0.05) is 37.2 Å². The third kappa shape index (κ3) is 9.34. The monoisotopic (exact) mass is 689 g/mol. The van der Waals surface area contributed by atoms with E-state index in [9.17, 15) is 14.4 Å². The van der Waals surface area contributed by atoms with Crippen LogP contribution in [0.5, 0.6) is 0 Å². The number of methoxy groups -OCH3 is 1.